The Morgan fingerprint density at radius 1 is 0.281 bits per heavy atom. The Morgan fingerprint density at radius 3 is 1.44 bits per heavy atom. The molecule has 0 unspecified atom stereocenters. The number of benzene rings is 10. The maximum atomic E-state index is 9.64. The van der Waals surface area contributed by atoms with Gasteiger partial charge in [0.05, 0.1) is 11.2 Å². The van der Waals surface area contributed by atoms with Crippen molar-refractivity contribution in [2.75, 3.05) is 4.90 Å². The summed E-state index contributed by atoms with van der Waals surface area (Å²) in [5, 5.41) is 4.70. The number of hydrogen-bond donors (Lipinski definition) is 0. The first kappa shape index (κ1) is 29.8. The van der Waals surface area contributed by atoms with Crippen molar-refractivity contribution in [1.82, 2.24) is 0 Å². The molecule has 0 atom stereocenters. The molecule has 268 valence electrons. The van der Waals surface area contributed by atoms with Crippen LogP contribution in [-0.2, 0) is 0 Å². The van der Waals surface area contributed by atoms with Crippen molar-refractivity contribution in [2.24, 2.45) is 0 Å². The summed E-state index contributed by atoms with van der Waals surface area (Å²) in [5.41, 5.74) is 10.8. The lowest BCUT2D eigenvalue weighted by Gasteiger charge is -2.29. The molecule has 1 nitrogen and oxygen atoms in total. The van der Waals surface area contributed by atoms with E-state index < -0.39 is 0 Å². The van der Waals surface area contributed by atoms with Crippen molar-refractivity contribution >= 4 is 38.6 Å². The van der Waals surface area contributed by atoms with Gasteiger partial charge in [-0.25, -0.2) is 0 Å². The van der Waals surface area contributed by atoms with Gasteiger partial charge in [0.25, 0.3) is 0 Å². The quantitative estimate of drug-likeness (QED) is 0.141. The van der Waals surface area contributed by atoms with Crippen LogP contribution in [-0.4, -0.2) is 0 Å². The SMILES string of the molecule is [2H]c1c([2H])c(N(c2ccc(-c3cc4ccccc4c4ccccc34)cc2)c2ccccc2-c2ccccc2-c2ccccc2-c2ccccc2)c([2H])c([2H])c1-c1ccccc1. The van der Waals surface area contributed by atoms with Gasteiger partial charge in [0, 0.05) is 16.9 Å². The Labute approximate surface area is 340 Å². The van der Waals surface area contributed by atoms with E-state index in [0.717, 1.165) is 61.0 Å². The molecule has 0 spiro atoms. The molecule has 0 fully saturated rings. The number of fused-ring (bicyclic) bond motifs is 3. The van der Waals surface area contributed by atoms with Crippen LogP contribution < -0.4 is 4.90 Å². The van der Waals surface area contributed by atoms with E-state index in [0.29, 0.717) is 11.3 Å². The largest absolute Gasteiger partial charge is 0.310 e. The smallest absolute Gasteiger partial charge is 0.0645 e. The van der Waals surface area contributed by atoms with Crippen LogP contribution >= 0.6 is 0 Å². The third kappa shape index (κ3) is 6.46. The summed E-state index contributed by atoms with van der Waals surface area (Å²) in [4.78, 5) is 1.91. The van der Waals surface area contributed by atoms with Gasteiger partial charge in [-0.2, -0.15) is 0 Å². The molecular weight excluding hydrogens is 687 g/mol. The lowest BCUT2D eigenvalue weighted by Crippen LogP contribution is -2.11. The van der Waals surface area contributed by atoms with Crippen LogP contribution in [0.5, 0.6) is 0 Å². The summed E-state index contributed by atoms with van der Waals surface area (Å²) in [6.07, 6.45) is 0. The van der Waals surface area contributed by atoms with E-state index in [1.165, 1.54) is 10.8 Å². The Morgan fingerprint density at radius 2 is 0.754 bits per heavy atom. The van der Waals surface area contributed by atoms with Crippen LogP contribution in [0.15, 0.2) is 236 Å². The highest BCUT2D eigenvalue weighted by atomic mass is 15.1. The topological polar surface area (TPSA) is 3.24 Å². The maximum absolute atomic E-state index is 9.64. The van der Waals surface area contributed by atoms with Crippen LogP contribution in [0.2, 0.25) is 0 Å². The molecule has 57 heavy (non-hydrogen) atoms. The Hall–Kier alpha value is -7.48. The Kier molecular flexibility index (Phi) is 7.84. The molecule has 0 saturated carbocycles. The lowest BCUT2D eigenvalue weighted by atomic mass is 9.88. The fourth-order valence-electron chi connectivity index (χ4n) is 8.08. The predicted octanol–water partition coefficient (Wildman–Crippen LogP) is 15.8. The molecule has 10 rings (SSSR count). The number of nitrogens with zero attached hydrogens (tertiary/aromatic N) is 1. The van der Waals surface area contributed by atoms with Gasteiger partial charge in [0.15, 0.2) is 0 Å². The summed E-state index contributed by atoms with van der Waals surface area (Å²) in [7, 11) is 0. The molecular formula is C56H39N. The highest BCUT2D eigenvalue weighted by Gasteiger charge is 2.20. The van der Waals surface area contributed by atoms with Gasteiger partial charge in [-0.1, -0.05) is 200 Å². The van der Waals surface area contributed by atoms with E-state index in [1.54, 1.807) is 0 Å². The second kappa shape index (κ2) is 15.0. The molecule has 0 saturated heterocycles. The number of hydrogen-bond acceptors (Lipinski definition) is 1. The monoisotopic (exact) mass is 729 g/mol. The highest BCUT2D eigenvalue weighted by Crippen LogP contribution is 2.46. The summed E-state index contributed by atoms with van der Waals surface area (Å²) in [6.45, 7) is 0. The van der Waals surface area contributed by atoms with Gasteiger partial charge < -0.3 is 4.90 Å². The van der Waals surface area contributed by atoms with Crippen molar-refractivity contribution in [3.05, 3.63) is 236 Å². The van der Waals surface area contributed by atoms with E-state index in [-0.39, 0.29) is 35.4 Å². The van der Waals surface area contributed by atoms with Crippen LogP contribution in [0.25, 0.3) is 77.2 Å². The van der Waals surface area contributed by atoms with Crippen molar-refractivity contribution in [2.45, 2.75) is 0 Å². The zero-order valence-electron chi connectivity index (χ0n) is 35.2. The predicted molar refractivity (Wildman–Crippen MR) is 243 cm³/mol. The molecule has 1 heteroatoms. The molecule has 10 aromatic carbocycles. The Bertz CT molecular complexity index is 3210. The van der Waals surface area contributed by atoms with E-state index in [9.17, 15) is 5.48 Å². The summed E-state index contributed by atoms with van der Waals surface area (Å²) in [6, 6.07) is 71.5. The van der Waals surface area contributed by atoms with Crippen molar-refractivity contribution in [3.63, 3.8) is 0 Å². The Balaban J connectivity index is 1.20. The average Bonchev–Trinajstić information content (AvgIpc) is 3.33. The van der Waals surface area contributed by atoms with Gasteiger partial charge in [0.1, 0.15) is 0 Å². The van der Waals surface area contributed by atoms with Crippen LogP contribution in [0.1, 0.15) is 5.48 Å². The van der Waals surface area contributed by atoms with Gasteiger partial charge in [-0.15, -0.1) is 0 Å². The van der Waals surface area contributed by atoms with Crippen LogP contribution in [0.4, 0.5) is 17.1 Å². The van der Waals surface area contributed by atoms with Gasteiger partial charge in [-0.3, -0.25) is 0 Å². The number of rotatable bonds is 8. The van der Waals surface area contributed by atoms with Gasteiger partial charge in [0.2, 0.25) is 0 Å². The molecule has 0 amide bonds. The van der Waals surface area contributed by atoms with Crippen LogP contribution in [0.3, 0.4) is 0 Å². The van der Waals surface area contributed by atoms with E-state index in [1.807, 2.05) is 77.7 Å². The van der Waals surface area contributed by atoms with Gasteiger partial charge >= 0.3 is 0 Å². The molecule has 10 aromatic rings. The van der Waals surface area contributed by atoms with Crippen molar-refractivity contribution < 1.29 is 5.48 Å². The molecule has 0 aliphatic rings. The fourth-order valence-corrected chi connectivity index (χ4v) is 8.08. The molecule has 0 radical (unpaired) electrons. The second-order valence-electron chi connectivity index (χ2n) is 14.1. The summed E-state index contributed by atoms with van der Waals surface area (Å²) < 4.78 is 38.0. The third-order valence-electron chi connectivity index (χ3n) is 10.8. The van der Waals surface area contributed by atoms with E-state index >= 15 is 0 Å². The maximum Gasteiger partial charge on any atom is 0.0645 e. The molecule has 0 aromatic heterocycles. The zero-order chi connectivity index (χ0) is 41.5. The van der Waals surface area contributed by atoms with Crippen molar-refractivity contribution in [3.8, 4) is 55.6 Å². The summed E-state index contributed by atoms with van der Waals surface area (Å²) in [5.74, 6) is 0. The average molecular weight is 730 g/mol. The first-order chi connectivity index (χ1) is 30.0. The van der Waals surface area contributed by atoms with Crippen molar-refractivity contribution in [1.29, 1.82) is 0 Å². The minimum absolute atomic E-state index is 0.0962. The highest BCUT2D eigenvalue weighted by molar-refractivity contribution is 6.13. The fraction of sp³-hybridized carbons (Fsp3) is 0. The lowest BCUT2D eigenvalue weighted by molar-refractivity contribution is 1.28. The number of para-hydroxylation sites is 1. The third-order valence-corrected chi connectivity index (χ3v) is 10.8. The minimum atomic E-state index is -0.123. The molecule has 0 heterocycles. The number of anilines is 3. The molecule has 0 bridgehead atoms. The van der Waals surface area contributed by atoms with Crippen LogP contribution in [0, 0.1) is 0 Å². The first-order valence-electron chi connectivity index (χ1n) is 21.3. The first-order valence-corrected chi connectivity index (χ1v) is 19.3. The van der Waals surface area contributed by atoms with E-state index in [2.05, 4.69) is 140 Å². The standard InChI is InChI=1S/C56H39N/c1-3-17-40(18-4-1)41-31-35-45(36-32-41)57(46-37-33-43(34-38-46)55-39-44-21-7-8-23-48(44)50-25-11-14-28-53(50)55)56-30-16-15-29-54(56)52-27-13-12-26-51(52)49-24-10-9-22-47(49)42-19-5-2-6-20-42/h1-39H/i31D,32D,35D,36D. The van der Waals surface area contributed by atoms with E-state index in [4.69, 9.17) is 0 Å². The molecule has 0 N–H and O–H groups in total. The zero-order valence-corrected chi connectivity index (χ0v) is 31.2. The second-order valence-corrected chi connectivity index (χ2v) is 14.1. The summed E-state index contributed by atoms with van der Waals surface area (Å²) >= 11 is 0. The molecule has 0 aliphatic heterocycles. The molecule has 0 aliphatic carbocycles. The van der Waals surface area contributed by atoms with Gasteiger partial charge in [-0.05, 0) is 108 Å². The minimum Gasteiger partial charge on any atom is -0.310 e. The normalized spacial score (nSPS) is 12.1.